The first-order chi connectivity index (χ1) is 13.5. The van der Waals surface area contributed by atoms with Crippen molar-refractivity contribution in [3.63, 3.8) is 0 Å². The van der Waals surface area contributed by atoms with Crippen LogP contribution in [0.15, 0.2) is 53.4 Å². The van der Waals surface area contributed by atoms with Gasteiger partial charge in [0.1, 0.15) is 29.2 Å². The second kappa shape index (κ2) is 7.47. The van der Waals surface area contributed by atoms with Crippen molar-refractivity contribution in [3.05, 3.63) is 70.4 Å². The zero-order valence-electron chi connectivity index (χ0n) is 14.4. The van der Waals surface area contributed by atoms with Gasteiger partial charge in [-0.2, -0.15) is 0 Å². The predicted octanol–water partition coefficient (Wildman–Crippen LogP) is 3.89. The summed E-state index contributed by atoms with van der Waals surface area (Å²) in [5.41, 5.74) is 1.28. The van der Waals surface area contributed by atoms with Crippen LogP contribution in [0.5, 0.6) is 0 Å². The third-order valence-corrected chi connectivity index (χ3v) is 5.42. The molecule has 1 N–H and O–H groups in total. The Morgan fingerprint density at radius 2 is 1.86 bits per heavy atom. The standard InChI is InChI=1S/C20H14FNO5S.H2/c21-11-5-7-12(8-6-11)22-20(25)26-9-13-10-28-19-17(24)16(23)14-3-1-2-4-15(14)18(19)27-13;/h1-8,13H,9-10H2,(H,22,25);1H. The maximum atomic E-state index is 12.9. The van der Waals surface area contributed by atoms with Crippen molar-refractivity contribution in [2.24, 2.45) is 0 Å². The molecular formula is C20H16FNO5S. The lowest BCUT2D eigenvalue weighted by Gasteiger charge is -2.30. The van der Waals surface area contributed by atoms with E-state index >= 15 is 0 Å². The molecule has 1 unspecified atom stereocenters. The van der Waals surface area contributed by atoms with E-state index in [2.05, 4.69) is 5.32 Å². The summed E-state index contributed by atoms with van der Waals surface area (Å²) in [5, 5.41) is 2.49. The number of halogens is 1. The van der Waals surface area contributed by atoms with Gasteiger partial charge in [-0.25, -0.2) is 9.18 Å². The Labute approximate surface area is 165 Å². The molecule has 0 saturated heterocycles. The SMILES string of the molecule is O=C(Nc1ccc(F)cc1)OCC1CSC2=C(O1)c1ccccc1C(=O)C2=O.[HH]. The van der Waals surface area contributed by atoms with Crippen LogP contribution < -0.4 is 5.32 Å². The Morgan fingerprint density at radius 3 is 2.61 bits per heavy atom. The minimum atomic E-state index is -0.699. The second-order valence-corrected chi connectivity index (χ2v) is 7.17. The normalized spacial score (nSPS) is 18.1. The highest BCUT2D eigenvalue weighted by atomic mass is 32.2. The van der Waals surface area contributed by atoms with E-state index in [4.69, 9.17) is 9.47 Å². The van der Waals surface area contributed by atoms with E-state index in [1.807, 2.05) is 0 Å². The molecule has 2 aromatic rings. The van der Waals surface area contributed by atoms with Crippen molar-refractivity contribution >= 4 is 40.9 Å². The molecule has 1 amide bonds. The molecule has 2 aliphatic rings. The average molecular weight is 401 g/mol. The summed E-state index contributed by atoms with van der Waals surface area (Å²) in [4.78, 5) is 36.7. The molecule has 8 heteroatoms. The molecule has 1 aliphatic heterocycles. The summed E-state index contributed by atoms with van der Waals surface area (Å²) < 4.78 is 24.0. The lowest BCUT2D eigenvalue weighted by Crippen LogP contribution is -2.33. The molecule has 1 aliphatic carbocycles. The van der Waals surface area contributed by atoms with Crippen LogP contribution in [-0.2, 0) is 14.3 Å². The molecule has 4 rings (SSSR count). The van der Waals surface area contributed by atoms with Crippen molar-refractivity contribution in [2.45, 2.75) is 6.10 Å². The third kappa shape index (κ3) is 3.50. The van der Waals surface area contributed by atoms with E-state index in [1.54, 1.807) is 24.3 Å². The molecule has 0 fully saturated rings. The van der Waals surface area contributed by atoms with Crippen LogP contribution in [0.3, 0.4) is 0 Å². The van der Waals surface area contributed by atoms with E-state index in [-0.39, 0.29) is 12.9 Å². The molecule has 0 radical (unpaired) electrons. The Balaban J connectivity index is 0.00000240. The molecule has 0 aromatic heterocycles. The Bertz CT molecular complexity index is 1010. The maximum absolute atomic E-state index is 12.9. The summed E-state index contributed by atoms with van der Waals surface area (Å²) >= 11 is 1.22. The monoisotopic (exact) mass is 401 g/mol. The van der Waals surface area contributed by atoms with Crippen LogP contribution >= 0.6 is 11.8 Å². The molecule has 0 saturated carbocycles. The largest absolute Gasteiger partial charge is 0.484 e. The van der Waals surface area contributed by atoms with E-state index < -0.39 is 29.6 Å². The number of ether oxygens (including phenoxy) is 2. The molecular weight excluding hydrogens is 385 g/mol. The molecule has 2 aromatic carbocycles. The first-order valence-electron chi connectivity index (χ1n) is 8.44. The van der Waals surface area contributed by atoms with Gasteiger partial charge in [0.25, 0.3) is 0 Å². The van der Waals surface area contributed by atoms with Crippen molar-refractivity contribution in [3.8, 4) is 0 Å². The van der Waals surface area contributed by atoms with Crippen LogP contribution in [0.4, 0.5) is 14.9 Å². The average Bonchev–Trinajstić information content (AvgIpc) is 2.72. The number of carbonyl (C=O) groups excluding carboxylic acids is 3. The number of hydrogen-bond acceptors (Lipinski definition) is 6. The quantitative estimate of drug-likeness (QED) is 0.786. The summed E-state index contributed by atoms with van der Waals surface area (Å²) in [6, 6.07) is 12.0. The van der Waals surface area contributed by atoms with E-state index in [1.165, 1.54) is 36.0 Å². The minimum Gasteiger partial charge on any atom is -0.484 e. The van der Waals surface area contributed by atoms with Gasteiger partial charge in [-0.3, -0.25) is 14.9 Å². The molecule has 1 atom stereocenters. The van der Waals surface area contributed by atoms with Crippen LogP contribution in [0, 0.1) is 5.82 Å². The van der Waals surface area contributed by atoms with Crippen LogP contribution in [-0.4, -0.2) is 36.1 Å². The summed E-state index contributed by atoms with van der Waals surface area (Å²) in [6.07, 6.45) is -1.17. The zero-order chi connectivity index (χ0) is 19.7. The highest BCUT2D eigenvalue weighted by Gasteiger charge is 2.38. The first kappa shape index (κ1) is 18.2. The number of hydrogen-bond donors (Lipinski definition) is 1. The van der Waals surface area contributed by atoms with Crippen molar-refractivity contribution in [1.29, 1.82) is 0 Å². The van der Waals surface area contributed by atoms with Gasteiger partial charge in [0.2, 0.25) is 11.6 Å². The highest BCUT2D eigenvalue weighted by Crippen LogP contribution is 2.40. The molecule has 1 heterocycles. The van der Waals surface area contributed by atoms with Gasteiger partial charge in [-0.05, 0) is 24.3 Å². The number of carbonyl (C=O) groups is 3. The number of ketones is 2. The Kier molecular flexibility index (Phi) is 4.87. The highest BCUT2D eigenvalue weighted by molar-refractivity contribution is 8.04. The van der Waals surface area contributed by atoms with E-state index in [0.29, 0.717) is 28.3 Å². The fourth-order valence-corrected chi connectivity index (χ4v) is 3.92. The number of allylic oxidation sites excluding steroid dienone is 1. The van der Waals surface area contributed by atoms with Gasteiger partial charge < -0.3 is 9.47 Å². The van der Waals surface area contributed by atoms with Gasteiger partial charge in [0.15, 0.2) is 0 Å². The summed E-state index contributed by atoms with van der Waals surface area (Å²) in [7, 11) is 0. The third-order valence-electron chi connectivity index (χ3n) is 4.22. The minimum absolute atomic E-state index is 0. The maximum Gasteiger partial charge on any atom is 0.411 e. The second-order valence-electron chi connectivity index (χ2n) is 6.14. The number of Topliss-reactive ketones (excluding diaryl/α,β-unsaturated/α-hetero) is 2. The predicted molar refractivity (Wildman–Crippen MR) is 104 cm³/mol. The Hall–Kier alpha value is -3.13. The van der Waals surface area contributed by atoms with Gasteiger partial charge in [0, 0.05) is 24.0 Å². The fraction of sp³-hybridized carbons (Fsp3) is 0.150. The number of amides is 1. The topological polar surface area (TPSA) is 81.7 Å². The van der Waals surface area contributed by atoms with Crippen LogP contribution in [0.1, 0.15) is 17.3 Å². The van der Waals surface area contributed by atoms with Gasteiger partial charge in [0.05, 0.1) is 0 Å². The smallest absolute Gasteiger partial charge is 0.411 e. The number of thioether (sulfide) groups is 1. The fourth-order valence-electron chi connectivity index (χ4n) is 2.89. The van der Waals surface area contributed by atoms with Crippen molar-refractivity contribution in [1.82, 2.24) is 0 Å². The van der Waals surface area contributed by atoms with Crippen molar-refractivity contribution in [2.75, 3.05) is 17.7 Å². The molecule has 28 heavy (non-hydrogen) atoms. The number of benzene rings is 2. The lowest BCUT2D eigenvalue weighted by molar-refractivity contribution is -0.111. The zero-order valence-corrected chi connectivity index (χ0v) is 15.3. The van der Waals surface area contributed by atoms with Crippen molar-refractivity contribution < 1.29 is 29.7 Å². The number of nitrogens with one attached hydrogen (secondary N) is 1. The molecule has 6 nitrogen and oxygen atoms in total. The summed E-state index contributed by atoms with van der Waals surface area (Å²) in [6.45, 7) is -0.0406. The van der Waals surface area contributed by atoms with Gasteiger partial charge >= 0.3 is 6.09 Å². The lowest BCUT2D eigenvalue weighted by atomic mass is 9.93. The molecule has 0 spiro atoms. The molecule has 0 bridgehead atoms. The Morgan fingerprint density at radius 1 is 1.14 bits per heavy atom. The number of rotatable bonds is 3. The van der Waals surface area contributed by atoms with E-state index in [9.17, 15) is 18.8 Å². The summed E-state index contributed by atoms with van der Waals surface area (Å²) in [5.74, 6) is -0.810. The number of fused-ring (bicyclic) bond motifs is 2. The first-order valence-corrected chi connectivity index (χ1v) is 9.43. The van der Waals surface area contributed by atoms with E-state index in [0.717, 1.165) is 0 Å². The molecule has 144 valence electrons. The van der Waals surface area contributed by atoms with Gasteiger partial charge in [-0.15, -0.1) is 11.8 Å². The number of anilines is 1. The van der Waals surface area contributed by atoms with Crippen LogP contribution in [0.2, 0.25) is 0 Å². The van der Waals surface area contributed by atoms with Crippen LogP contribution in [0.25, 0.3) is 5.76 Å². The van der Waals surface area contributed by atoms with Gasteiger partial charge in [-0.1, -0.05) is 24.3 Å².